The summed E-state index contributed by atoms with van der Waals surface area (Å²) in [4.78, 5) is 6.50. The van der Waals surface area contributed by atoms with E-state index in [1.165, 1.54) is 0 Å². The van der Waals surface area contributed by atoms with Crippen molar-refractivity contribution in [2.45, 2.75) is 32.9 Å². The molecule has 0 spiro atoms. The monoisotopic (exact) mass is 193 g/mol. The van der Waals surface area contributed by atoms with Gasteiger partial charge in [-0.2, -0.15) is 0 Å². The predicted octanol–water partition coefficient (Wildman–Crippen LogP) is 1.95. The summed E-state index contributed by atoms with van der Waals surface area (Å²) >= 11 is 0. The first-order valence-electron chi connectivity index (χ1n) is 4.96. The minimum Gasteiger partial charge on any atom is -0.357 e. The van der Waals surface area contributed by atoms with E-state index in [4.69, 9.17) is 5.73 Å². The van der Waals surface area contributed by atoms with Gasteiger partial charge >= 0.3 is 0 Å². The van der Waals surface area contributed by atoms with Crippen molar-refractivity contribution < 1.29 is 0 Å². The summed E-state index contributed by atoms with van der Waals surface area (Å²) in [6.07, 6.45) is 1.85. The summed E-state index contributed by atoms with van der Waals surface area (Å²) in [7, 11) is 2.04. The van der Waals surface area contributed by atoms with Crippen molar-refractivity contribution in [1.29, 1.82) is 0 Å². The average Bonchev–Trinajstić information content (AvgIpc) is 2.16. The summed E-state index contributed by atoms with van der Waals surface area (Å²) < 4.78 is 0. The Kier molecular flexibility index (Phi) is 3.47. The lowest BCUT2D eigenvalue weighted by Crippen LogP contribution is -2.26. The molecule has 0 saturated heterocycles. The number of nitrogens with zero attached hydrogens (tertiary/aromatic N) is 2. The van der Waals surface area contributed by atoms with Crippen LogP contribution < -0.4 is 10.6 Å². The standard InChI is InChI=1S/C11H19N3/c1-8(2)14(4)11-6-5-10(7-13-11)9(3)12/h5-9H,12H2,1-4H3/t9-/m1/s1. The predicted molar refractivity (Wildman–Crippen MR) is 60.4 cm³/mol. The number of nitrogens with two attached hydrogens (primary N) is 1. The van der Waals surface area contributed by atoms with E-state index in [9.17, 15) is 0 Å². The topological polar surface area (TPSA) is 42.1 Å². The van der Waals surface area contributed by atoms with Crippen LogP contribution >= 0.6 is 0 Å². The van der Waals surface area contributed by atoms with Gasteiger partial charge in [0, 0.05) is 25.3 Å². The second-order valence-electron chi connectivity index (χ2n) is 3.94. The third kappa shape index (κ3) is 2.45. The first-order chi connectivity index (χ1) is 6.52. The normalized spacial score (nSPS) is 13.0. The molecule has 0 saturated carbocycles. The van der Waals surface area contributed by atoms with Gasteiger partial charge in [-0.05, 0) is 32.4 Å². The van der Waals surface area contributed by atoms with Gasteiger partial charge in [0.15, 0.2) is 0 Å². The fraction of sp³-hybridized carbons (Fsp3) is 0.545. The van der Waals surface area contributed by atoms with E-state index >= 15 is 0 Å². The highest BCUT2D eigenvalue weighted by molar-refractivity contribution is 5.39. The highest BCUT2D eigenvalue weighted by atomic mass is 15.2. The Bertz CT molecular complexity index is 277. The lowest BCUT2D eigenvalue weighted by Gasteiger charge is -2.22. The van der Waals surface area contributed by atoms with E-state index in [0.717, 1.165) is 11.4 Å². The van der Waals surface area contributed by atoms with Gasteiger partial charge in [-0.25, -0.2) is 4.98 Å². The Morgan fingerprint density at radius 3 is 2.29 bits per heavy atom. The molecule has 1 heterocycles. The van der Waals surface area contributed by atoms with E-state index in [1.807, 2.05) is 32.3 Å². The SMILES string of the molecule is CC(C)N(C)c1ccc([C@@H](C)N)cn1. The first-order valence-corrected chi connectivity index (χ1v) is 4.96. The molecule has 1 aromatic heterocycles. The van der Waals surface area contributed by atoms with Gasteiger partial charge in [0.2, 0.25) is 0 Å². The summed E-state index contributed by atoms with van der Waals surface area (Å²) in [6.45, 7) is 6.24. The molecule has 0 fully saturated rings. The van der Waals surface area contributed by atoms with Crippen LogP contribution in [-0.2, 0) is 0 Å². The molecule has 1 rings (SSSR count). The Hall–Kier alpha value is -1.09. The summed E-state index contributed by atoms with van der Waals surface area (Å²) in [6, 6.07) is 4.56. The molecule has 0 aliphatic rings. The second kappa shape index (κ2) is 4.42. The van der Waals surface area contributed by atoms with E-state index in [-0.39, 0.29) is 6.04 Å². The van der Waals surface area contributed by atoms with Crippen molar-refractivity contribution in [2.75, 3.05) is 11.9 Å². The lowest BCUT2D eigenvalue weighted by atomic mass is 10.1. The van der Waals surface area contributed by atoms with Gasteiger partial charge in [-0.15, -0.1) is 0 Å². The van der Waals surface area contributed by atoms with Crippen LogP contribution in [0.5, 0.6) is 0 Å². The zero-order chi connectivity index (χ0) is 10.7. The van der Waals surface area contributed by atoms with Crippen LogP contribution in [0.3, 0.4) is 0 Å². The number of pyridine rings is 1. The molecular weight excluding hydrogens is 174 g/mol. The zero-order valence-electron chi connectivity index (χ0n) is 9.36. The fourth-order valence-corrected chi connectivity index (χ4v) is 1.14. The minimum atomic E-state index is 0.0564. The van der Waals surface area contributed by atoms with Crippen molar-refractivity contribution in [3.8, 4) is 0 Å². The zero-order valence-corrected chi connectivity index (χ0v) is 9.36. The summed E-state index contributed by atoms with van der Waals surface area (Å²) in [5.74, 6) is 0.990. The van der Waals surface area contributed by atoms with Crippen molar-refractivity contribution in [2.24, 2.45) is 5.73 Å². The molecule has 0 unspecified atom stereocenters. The lowest BCUT2D eigenvalue weighted by molar-refractivity contribution is 0.739. The molecule has 1 atom stereocenters. The maximum Gasteiger partial charge on any atom is 0.128 e. The Balaban J connectivity index is 2.83. The van der Waals surface area contributed by atoms with Crippen molar-refractivity contribution in [3.63, 3.8) is 0 Å². The van der Waals surface area contributed by atoms with Gasteiger partial charge in [-0.1, -0.05) is 6.07 Å². The molecule has 14 heavy (non-hydrogen) atoms. The molecular formula is C11H19N3. The number of rotatable bonds is 3. The van der Waals surface area contributed by atoms with E-state index in [1.54, 1.807) is 0 Å². The first kappa shape index (κ1) is 11.0. The highest BCUT2D eigenvalue weighted by Gasteiger charge is 2.06. The van der Waals surface area contributed by atoms with Crippen LogP contribution in [0, 0.1) is 0 Å². The van der Waals surface area contributed by atoms with E-state index in [2.05, 4.69) is 23.7 Å². The number of aromatic nitrogens is 1. The average molecular weight is 193 g/mol. The molecule has 3 heteroatoms. The summed E-state index contributed by atoms with van der Waals surface area (Å²) in [5, 5.41) is 0. The number of anilines is 1. The smallest absolute Gasteiger partial charge is 0.128 e. The molecule has 3 nitrogen and oxygen atoms in total. The highest BCUT2D eigenvalue weighted by Crippen LogP contribution is 2.14. The number of hydrogen-bond donors (Lipinski definition) is 1. The Morgan fingerprint density at radius 2 is 1.93 bits per heavy atom. The third-order valence-electron chi connectivity index (χ3n) is 2.43. The van der Waals surface area contributed by atoms with E-state index < -0.39 is 0 Å². The van der Waals surface area contributed by atoms with Gasteiger partial charge in [-0.3, -0.25) is 0 Å². The van der Waals surface area contributed by atoms with Crippen LogP contribution in [0.1, 0.15) is 32.4 Å². The number of hydrogen-bond acceptors (Lipinski definition) is 3. The molecule has 2 N–H and O–H groups in total. The van der Waals surface area contributed by atoms with E-state index in [0.29, 0.717) is 6.04 Å². The van der Waals surface area contributed by atoms with Gasteiger partial charge in [0.1, 0.15) is 5.82 Å². The van der Waals surface area contributed by atoms with Gasteiger partial charge in [0.05, 0.1) is 0 Å². The fourth-order valence-electron chi connectivity index (χ4n) is 1.14. The second-order valence-corrected chi connectivity index (χ2v) is 3.94. The Labute approximate surface area is 85.9 Å². The van der Waals surface area contributed by atoms with Crippen molar-refractivity contribution >= 4 is 5.82 Å². The van der Waals surface area contributed by atoms with Gasteiger partial charge in [0.25, 0.3) is 0 Å². The largest absolute Gasteiger partial charge is 0.357 e. The van der Waals surface area contributed by atoms with Crippen molar-refractivity contribution in [1.82, 2.24) is 4.98 Å². The van der Waals surface area contributed by atoms with Crippen LogP contribution in [0.15, 0.2) is 18.3 Å². The van der Waals surface area contributed by atoms with Crippen molar-refractivity contribution in [3.05, 3.63) is 23.9 Å². The minimum absolute atomic E-state index is 0.0564. The maximum atomic E-state index is 5.75. The molecule has 0 amide bonds. The van der Waals surface area contributed by atoms with Crippen LogP contribution in [0.2, 0.25) is 0 Å². The van der Waals surface area contributed by atoms with Gasteiger partial charge < -0.3 is 10.6 Å². The maximum absolute atomic E-state index is 5.75. The third-order valence-corrected chi connectivity index (χ3v) is 2.43. The molecule has 0 bridgehead atoms. The molecule has 1 aromatic rings. The molecule has 0 aliphatic heterocycles. The molecule has 0 radical (unpaired) electrons. The molecule has 0 aliphatic carbocycles. The van der Waals surface area contributed by atoms with Crippen LogP contribution in [-0.4, -0.2) is 18.1 Å². The quantitative estimate of drug-likeness (QED) is 0.797. The Morgan fingerprint density at radius 1 is 1.29 bits per heavy atom. The van der Waals surface area contributed by atoms with Crippen LogP contribution in [0.25, 0.3) is 0 Å². The summed E-state index contributed by atoms with van der Waals surface area (Å²) in [5.41, 5.74) is 6.82. The molecule has 0 aromatic carbocycles. The van der Waals surface area contributed by atoms with Crippen LogP contribution in [0.4, 0.5) is 5.82 Å². The molecule has 78 valence electrons.